The molecular formula is C21H43N3O3. The van der Waals surface area contributed by atoms with Crippen molar-refractivity contribution in [3.8, 4) is 0 Å². The van der Waals surface area contributed by atoms with Gasteiger partial charge in [-0.2, -0.15) is 0 Å². The molecule has 0 aromatic carbocycles. The molecule has 6 nitrogen and oxygen atoms in total. The van der Waals surface area contributed by atoms with Crippen molar-refractivity contribution in [2.24, 2.45) is 11.7 Å². The molecule has 27 heavy (non-hydrogen) atoms. The van der Waals surface area contributed by atoms with E-state index in [0.717, 1.165) is 12.8 Å². The zero-order valence-corrected chi connectivity index (χ0v) is 17.8. The van der Waals surface area contributed by atoms with E-state index in [1.54, 1.807) is 19.0 Å². The minimum atomic E-state index is -1.00. The third-order valence-corrected chi connectivity index (χ3v) is 5.07. The molecule has 0 fully saturated rings. The molecule has 0 aliphatic heterocycles. The second kappa shape index (κ2) is 17.0. The van der Waals surface area contributed by atoms with Crippen LogP contribution in [-0.4, -0.2) is 48.7 Å². The standard InChI is InChI=1S/C21H43N3O3/c1-4-5-6-7-8-9-10-11-12-13-14-15-16-23-21(27)18(17-19(25)26)20(22)24(2)3/h18,20H,4-17,22H2,1-3H3,(H,23,27)(H,25,26). The van der Waals surface area contributed by atoms with E-state index in [1.807, 2.05) is 0 Å². The van der Waals surface area contributed by atoms with Gasteiger partial charge >= 0.3 is 5.97 Å². The van der Waals surface area contributed by atoms with Crippen LogP contribution in [0, 0.1) is 5.92 Å². The number of nitrogens with zero attached hydrogens (tertiary/aromatic N) is 1. The topological polar surface area (TPSA) is 95.7 Å². The molecule has 1 amide bonds. The third kappa shape index (κ3) is 14.6. The lowest BCUT2D eigenvalue weighted by Crippen LogP contribution is -2.50. The predicted octanol–water partition coefficient (Wildman–Crippen LogP) is 3.74. The quantitative estimate of drug-likeness (QED) is 0.247. The van der Waals surface area contributed by atoms with Crippen molar-refractivity contribution in [3.63, 3.8) is 0 Å². The normalized spacial score (nSPS) is 13.5. The number of aliphatic carboxylic acids is 1. The minimum Gasteiger partial charge on any atom is -0.481 e. The summed E-state index contributed by atoms with van der Waals surface area (Å²) in [7, 11) is 3.50. The van der Waals surface area contributed by atoms with Crippen molar-refractivity contribution < 1.29 is 14.7 Å². The van der Waals surface area contributed by atoms with Crippen molar-refractivity contribution in [1.29, 1.82) is 0 Å². The molecule has 2 unspecified atom stereocenters. The van der Waals surface area contributed by atoms with E-state index < -0.39 is 18.1 Å². The molecule has 0 aromatic rings. The van der Waals surface area contributed by atoms with Crippen LogP contribution in [-0.2, 0) is 9.59 Å². The van der Waals surface area contributed by atoms with Crippen molar-refractivity contribution in [3.05, 3.63) is 0 Å². The van der Waals surface area contributed by atoms with Gasteiger partial charge in [0, 0.05) is 6.54 Å². The summed E-state index contributed by atoms with van der Waals surface area (Å²) in [6.07, 6.45) is 14.5. The van der Waals surface area contributed by atoms with Gasteiger partial charge < -0.3 is 16.2 Å². The Morgan fingerprint density at radius 1 is 0.889 bits per heavy atom. The number of unbranched alkanes of at least 4 members (excludes halogenated alkanes) is 11. The summed E-state index contributed by atoms with van der Waals surface area (Å²) in [6, 6.07) is 0. The van der Waals surface area contributed by atoms with E-state index in [1.165, 1.54) is 64.2 Å². The molecule has 0 heterocycles. The number of carboxylic acid groups (broad SMARTS) is 1. The Bertz CT molecular complexity index is 389. The average Bonchev–Trinajstić information content (AvgIpc) is 2.62. The first-order valence-electron chi connectivity index (χ1n) is 10.8. The van der Waals surface area contributed by atoms with Crippen LogP contribution < -0.4 is 11.1 Å². The Morgan fingerprint density at radius 2 is 1.33 bits per heavy atom. The van der Waals surface area contributed by atoms with E-state index in [0.29, 0.717) is 6.54 Å². The number of rotatable bonds is 18. The largest absolute Gasteiger partial charge is 0.481 e. The van der Waals surface area contributed by atoms with Crippen LogP contribution in [0.3, 0.4) is 0 Å². The Kier molecular flexibility index (Phi) is 16.3. The first kappa shape index (κ1) is 25.9. The summed E-state index contributed by atoms with van der Waals surface area (Å²) >= 11 is 0. The fourth-order valence-corrected chi connectivity index (χ4v) is 3.23. The summed E-state index contributed by atoms with van der Waals surface area (Å²) in [5.41, 5.74) is 5.96. The van der Waals surface area contributed by atoms with Crippen LogP contribution in [0.5, 0.6) is 0 Å². The van der Waals surface area contributed by atoms with Gasteiger partial charge in [0.05, 0.1) is 18.5 Å². The Hall–Kier alpha value is -1.14. The van der Waals surface area contributed by atoms with Gasteiger partial charge in [0.15, 0.2) is 0 Å². The maximum absolute atomic E-state index is 12.2. The first-order chi connectivity index (χ1) is 12.9. The lowest BCUT2D eigenvalue weighted by atomic mass is 10.00. The van der Waals surface area contributed by atoms with Gasteiger partial charge in [0.2, 0.25) is 5.91 Å². The number of carboxylic acids is 1. The van der Waals surface area contributed by atoms with Gasteiger partial charge in [0.25, 0.3) is 0 Å². The van der Waals surface area contributed by atoms with Crippen molar-refractivity contribution in [2.45, 2.75) is 96.6 Å². The van der Waals surface area contributed by atoms with Crippen molar-refractivity contribution >= 4 is 11.9 Å². The van der Waals surface area contributed by atoms with E-state index in [4.69, 9.17) is 10.8 Å². The SMILES string of the molecule is CCCCCCCCCCCCCCNC(=O)C(CC(=O)O)C(N)N(C)C. The highest BCUT2D eigenvalue weighted by atomic mass is 16.4. The van der Waals surface area contributed by atoms with Gasteiger partial charge in [-0.25, -0.2) is 0 Å². The number of hydrogen-bond donors (Lipinski definition) is 3. The lowest BCUT2D eigenvalue weighted by Gasteiger charge is -2.27. The maximum atomic E-state index is 12.2. The summed E-state index contributed by atoms with van der Waals surface area (Å²) in [5, 5.41) is 11.8. The monoisotopic (exact) mass is 385 g/mol. The van der Waals surface area contributed by atoms with Crippen LogP contribution in [0.15, 0.2) is 0 Å². The second-order valence-electron chi connectivity index (χ2n) is 7.84. The highest BCUT2D eigenvalue weighted by Gasteiger charge is 2.29. The van der Waals surface area contributed by atoms with Gasteiger partial charge in [-0.15, -0.1) is 0 Å². The molecule has 0 radical (unpaired) electrons. The average molecular weight is 386 g/mol. The zero-order chi connectivity index (χ0) is 20.5. The van der Waals surface area contributed by atoms with Crippen LogP contribution in [0.4, 0.5) is 0 Å². The molecule has 6 heteroatoms. The lowest BCUT2D eigenvalue weighted by molar-refractivity contribution is -0.142. The molecule has 0 aliphatic carbocycles. The summed E-state index contributed by atoms with van der Waals surface area (Å²) in [6.45, 7) is 2.84. The molecule has 0 bridgehead atoms. The Labute approximate surface area is 166 Å². The molecule has 4 N–H and O–H groups in total. The first-order valence-corrected chi connectivity index (χ1v) is 10.8. The minimum absolute atomic E-state index is 0.246. The van der Waals surface area contributed by atoms with Gasteiger partial charge in [-0.05, 0) is 20.5 Å². The smallest absolute Gasteiger partial charge is 0.304 e. The van der Waals surface area contributed by atoms with Gasteiger partial charge in [-0.3, -0.25) is 14.5 Å². The van der Waals surface area contributed by atoms with Crippen LogP contribution in [0.25, 0.3) is 0 Å². The van der Waals surface area contributed by atoms with Crippen molar-refractivity contribution in [1.82, 2.24) is 10.2 Å². The fraction of sp³-hybridized carbons (Fsp3) is 0.905. The van der Waals surface area contributed by atoms with Crippen LogP contribution >= 0.6 is 0 Å². The molecule has 0 saturated heterocycles. The van der Waals surface area contributed by atoms with Crippen LogP contribution in [0.1, 0.15) is 90.4 Å². The van der Waals surface area contributed by atoms with E-state index in [2.05, 4.69) is 12.2 Å². The molecule has 160 valence electrons. The Balaban J connectivity index is 3.69. The van der Waals surface area contributed by atoms with E-state index >= 15 is 0 Å². The molecule has 0 saturated carbocycles. The predicted molar refractivity (Wildman–Crippen MR) is 111 cm³/mol. The third-order valence-electron chi connectivity index (χ3n) is 5.07. The van der Waals surface area contributed by atoms with E-state index in [-0.39, 0.29) is 12.3 Å². The molecule has 0 spiro atoms. The number of carbonyl (C=O) groups excluding carboxylic acids is 1. The Morgan fingerprint density at radius 3 is 1.74 bits per heavy atom. The highest BCUT2D eigenvalue weighted by Crippen LogP contribution is 2.12. The summed E-state index contributed by atoms with van der Waals surface area (Å²) < 4.78 is 0. The number of hydrogen-bond acceptors (Lipinski definition) is 4. The molecule has 2 atom stereocenters. The molecule has 0 aromatic heterocycles. The number of nitrogens with two attached hydrogens (primary N) is 1. The highest BCUT2D eigenvalue weighted by molar-refractivity contribution is 5.83. The second-order valence-corrected chi connectivity index (χ2v) is 7.84. The van der Waals surface area contributed by atoms with Crippen molar-refractivity contribution in [2.75, 3.05) is 20.6 Å². The number of nitrogens with one attached hydrogen (secondary N) is 1. The van der Waals surface area contributed by atoms with E-state index in [9.17, 15) is 9.59 Å². The summed E-state index contributed by atoms with van der Waals surface area (Å²) in [5.74, 6) is -1.99. The van der Waals surface area contributed by atoms with Crippen LogP contribution in [0.2, 0.25) is 0 Å². The zero-order valence-electron chi connectivity index (χ0n) is 17.8. The molecule has 0 rings (SSSR count). The maximum Gasteiger partial charge on any atom is 0.304 e. The van der Waals surface area contributed by atoms with Gasteiger partial charge in [0.1, 0.15) is 0 Å². The van der Waals surface area contributed by atoms with Gasteiger partial charge in [-0.1, -0.05) is 77.6 Å². The molecule has 0 aliphatic rings. The number of amides is 1. The number of carbonyl (C=O) groups is 2. The fourth-order valence-electron chi connectivity index (χ4n) is 3.23. The molecular weight excluding hydrogens is 342 g/mol. The summed E-state index contributed by atoms with van der Waals surface area (Å²) in [4.78, 5) is 24.9.